The molecule has 3 heteroatoms. The minimum atomic E-state index is -0.135. The molecule has 2 N–H and O–H groups in total. The fourth-order valence-electron chi connectivity index (χ4n) is 1.98. The molecule has 2 rings (SSSR count). The first-order valence-electron chi connectivity index (χ1n) is 6.85. The van der Waals surface area contributed by atoms with Gasteiger partial charge in [0, 0.05) is 5.69 Å². The van der Waals surface area contributed by atoms with Gasteiger partial charge in [0.05, 0.1) is 6.04 Å². The summed E-state index contributed by atoms with van der Waals surface area (Å²) in [6.45, 7) is 2.84. The Bertz CT molecular complexity index is 373. The molecular formula is C15H22N2O. The van der Waals surface area contributed by atoms with Crippen LogP contribution in [0.25, 0.3) is 0 Å². The minimum absolute atomic E-state index is 0.0348. The molecule has 98 valence electrons. The third-order valence-electron chi connectivity index (χ3n) is 3.37. The first kappa shape index (κ1) is 13.1. The van der Waals surface area contributed by atoms with Gasteiger partial charge in [-0.25, -0.2) is 0 Å². The molecular weight excluding hydrogens is 224 g/mol. The van der Waals surface area contributed by atoms with Gasteiger partial charge in [-0.1, -0.05) is 31.0 Å². The molecule has 1 amide bonds. The highest BCUT2D eigenvalue weighted by Gasteiger charge is 2.20. The average Bonchev–Trinajstić information content (AvgIpc) is 3.19. The average molecular weight is 246 g/mol. The number of anilines is 1. The Labute approximate surface area is 109 Å². The zero-order chi connectivity index (χ0) is 12.8. The number of para-hydroxylation sites is 1. The summed E-state index contributed by atoms with van der Waals surface area (Å²) < 4.78 is 0. The molecule has 3 nitrogen and oxygen atoms in total. The van der Waals surface area contributed by atoms with E-state index in [1.807, 2.05) is 37.3 Å². The van der Waals surface area contributed by atoms with Crippen molar-refractivity contribution < 1.29 is 4.79 Å². The zero-order valence-electron chi connectivity index (χ0n) is 11.0. The third-order valence-corrected chi connectivity index (χ3v) is 3.37. The van der Waals surface area contributed by atoms with Crippen LogP contribution in [0.3, 0.4) is 0 Å². The predicted molar refractivity (Wildman–Crippen MR) is 74.5 cm³/mol. The van der Waals surface area contributed by atoms with Crippen molar-refractivity contribution >= 4 is 11.6 Å². The molecule has 0 radical (unpaired) electrons. The van der Waals surface area contributed by atoms with E-state index in [1.54, 1.807) is 0 Å². The maximum absolute atomic E-state index is 11.9. The van der Waals surface area contributed by atoms with Gasteiger partial charge in [-0.3, -0.25) is 4.79 Å². The zero-order valence-corrected chi connectivity index (χ0v) is 11.0. The number of hydrogen-bond donors (Lipinski definition) is 2. The van der Waals surface area contributed by atoms with E-state index in [0.29, 0.717) is 0 Å². The van der Waals surface area contributed by atoms with Crippen LogP contribution >= 0.6 is 0 Å². The second-order valence-corrected chi connectivity index (χ2v) is 5.12. The number of benzene rings is 1. The number of nitrogens with one attached hydrogen (secondary N) is 2. The second-order valence-electron chi connectivity index (χ2n) is 5.12. The predicted octanol–water partition coefficient (Wildman–Crippen LogP) is 2.79. The van der Waals surface area contributed by atoms with Crippen LogP contribution in [0.4, 0.5) is 5.69 Å². The van der Waals surface area contributed by atoms with Crippen molar-refractivity contribution in [1.82, 2.24) is 5.32 Å². The first-order valence-corrected chi connectivity index (χ1v) is 6.85. The highest BCUT2D eigenvalue weighted by atomic mass is 16.2. The highest BCUT2D eigenvalue weighted by Crippen LogP contribution is 2.33. The van der Waals surface area contributed by atoms with E-state index >= 15 is 0 Å². The number of amides is 1. The molecule has 1 aromatic carbocycles. The molecule has 1 aromatic rings. The fraction of sp³-hybridized carbons (Fsp3) is 0.533. The summed E-state index contributed by atoms with van der Waals surface area (Å²) in [5, 5.41) is 6.18. The molecule has 0 heterocycles. The smallest absolute Gasteiger partial charge is 0.241 e. The summed E-state index contributed by atoms with van der Waals surface area (Å²) in [5.74, 6) is 1.01. The molecule has 0 aliphatic heterocycles. The summed E-state index contributed by atoms with van der Waals surface area (Å²) in [7, 11) is 0. The Morgan fingerprint density at radius 1 is 1.33 bits per heavy atom. The van der Waals surface area contributed by atoms with Crippen LogP contribution in [0.15, 0.2) is 30.3 Å². The van der Waals surface area contributed by atoms with E-state index in [-0.39, 0.29) is 11.9 Å². The first-order chi connectivity index (χ1) is 8.75. The molecule has 18 heavy (non-hydrogen) atoms. The lowest BCUT2D eigenvalue weighted by Gasteiger charge is -2.13. The SMILES string of the molecule is CC(NCCCC1CC1)C(=O)Nc1ccccc1. The monoisotopic (exact) mass is 246 g/mol. The molecule has 1 unspecified atom stereocenters. The van der Waals surface area contributed by atoms with Crippen LogP contribution in [-0.4, -0.2) is 18.5 Å². The van der Waals surface area contributed by atoms with Crippen molar-refractivity contribution in [1.29, 1.82) is 0 Å². The second kappa shape index (κ2) is 6.55. The van der Waals surface area contributed by atoms with Crippen molar-refractivity contribution in [2.45, 2.75) is 38.6 Å². The topological polar surface area (TPSA) is 41.1 Å². The van der Waals surface area contributed by atoms with Crippen molar-refractivity contribution in [3.63, 3.8) is 0 Å². The summed E-state index contributed by atoms with van der Waals surface area (Å²) in [6.07, 6.45) is 5.29. The fourth-order valence-corrected chi connectivity index (χ4v) is 1.98. The van der Waals surface area contributed by atoms with Gasteiger partial charge < -0.3 is 10.6 Å². The summed E-state index contributed by atoms with van der Waals surface area (Å²) in [4.78, 5) is 11.9. The van der Waals surface area contributed by atoms with Crippen molar-refractivity contribution in [2.75, 3.05) is 11.9 Å². The molecule has 1 atom stereocenters. The molecule has 0 saturated heterocycles. The summed E-state index contributed by atoms with van der Waals surface area (Å²) in [5.41, 5.74) is 0.856. The van der Waals surface area contributed by atoms with E-state index in [9.17, 15) is 4.79 Å². The van der Waals surface area contributed by atoms with Gasteiger partial charge in [0.2, 0.25) is 5.91 Å². The molecule has 0 spiro atoms. The summed E-state index contributed by atoms with van der Waals surface area (Å²) in [6, 6.07) is 9.45. The molecule has 1 aliphatic carbocycles. The van der Waals surface area contributed by atoms with Crippen molar-refractivity contribution in [2.24, 2.45) is 5.92 Å². The van der Waals surface area contributed by atoms with Gasteiger partial charge in [-0.05, 0) is 44.4 Å². The van der Waals surface area contributed by atoms with Gasteiger partial charge in [0.15, 0.2) is 0 Å². The Kier molecular flexibility index (Phi) is 4.76. The van der Waals surface area contributed by atoms with E-state index in [2.05, 4.69) is 10.6 Å². The molecule has 1 fully saturated rings. The Morgan fingerprint density at radius 3 is 2.72 bits per heavy atom. The molecule has 1 aliphatic rings. The van der Waals surface area contributed by atoms with Crippen LogP contribution in [0.1, 0.15) is 32.6 Å². The molecule has 0 bridgehead atoms. The van der Waals surface area contributed by atoms with Crippen LogP contribution in [-0.2, 0) is 4.79 Å². The standard InChI is InChI=1S/C15H22N2O/c1-12(16-11-5-6-13-9-10-13)15(18)17-14-7-3-2-4-8-14/h2-4,7-8,12-13,16H,5-6,9-11H2,1H3,(H,17,18). The van der Waals surface area contributed by atoms with Gasteiger partial charge in [-0.2, -0.15) is 0 Å². The van der Waals surface area contributed by atoms with Crippen LogP contribution in [0.2, 0.25) is 0 Å². The largest absolute Gasteiger partial charge is 0.325 e. The Morgan fingerprint density at radius 2 is 2.06 bits per heavy atom. The van der Waals surface area contributed by atoms with Crippen LogP contribution in [0, 0.1) is 5.92 Å². The Balaban J connectivity index is 1.64. The van der Waals surface area contributed by atoms with Gasteiger partial charge in [-0.15, -0.1) is 0 Å². The third kappa shape index (κ3) is 4.49. The maximum Gasteiger partial charge on any atom is 0.241 e. The number of hydrogen-bond acceptors (Lipinski definition) is 2. The van der Waals surface area contributed by atoms with Crippen molar-refractivity contribution in [3.8, 4) is 0 Å². The number of rotatable bonds is 7. The Hall–Kier alpha value is -1.35. The van der Waals surface area contributed by atoms with E-state index in [4.69, 9.17) is 0 Å². The van der Waals surface area contributed by atoms with Crippen LogP contribution in [0.5, 0.6) is 0 Å². The van der Waals surface area contributed by atoms with Gasteiger partial charge in [0.25, 0.3) is 0 Å². The normalized spacial score (nSPS) is 16.3. The lowest BCUT2D eigenvalue weighted by Crippen LogP contribution is -2.38. The van der Waals surface area contributed by atoms with Gasteiger partial charge in [0.1, 0.15) is 0 Å². The molecule has 0 aromatic heterocycles. The van der Waals surface area contributed by atoms with Gasteiger partial charge >= 0.3 is 0 Å². The minimum Gasteiger partial charge on any atom is -0.325 e. The lowest BCUT2D eigenvalue weighted by molar-refractivity contribution is -0.117. The summed E-state index contributed by atoms with van der Waals surface area (Å²) >= 11 is 0. The van der Waals surface area contributed by atoms with E-state index < -0.39 is 0 Å². The van der Waals surface area contributed by atoms with Crippen molar-refractivity contribution in [3.05, 3.63) is 30.3 Å². The highest BCUT2D eigenvalue weighted by molar-refractivity contribution is 5.94. The van der Waals surface area contributed by atoms with E-state index in [0.717, 1.165) is 18.2 Å². The maximum atomic E-state index is 11.9. The molecule has 1 saturated carbocycles. The quantitative estimate of drug-likeness (QED) is 0.726. The number of carbonyl (C=O) groups excluding carboxylic acids is 1. The lowest BCUT2D eigenvalue weighted by atomic mass is 10.2. The number of carbonyl (C=O) groups is 1. The van der Waals surface area contributed by atoms with E-state index in [1.165, 1.54) is 25.7 Å². The van der Waals surface area contributed by atoms with Crippen LogP contribution < -0.4 is 10.6 Å².